The molecule has 0 heterocycles. The second kappa shape index (κ2) is 9.77. The highest BCUT2D eigenvalue weighted by Gasteiger charge is 2.36. The van der Waals surface area contributed by atoms with Crippen molar-refractivity contribution in [2.75, 3.05) is 7.11 Å². The summed E-state index contributed by atoms with van der Waals surface area (Å²) in [7, 11) is 1.87. The van der Waals surface area contributed by atoms with Crippen molar-refractivity contribution in [3.8, 4) is 0 Å². The Kier molecular flexibility index (Phi) is 8.72. The molecule has 1 rings (SSSR count). The first kappa shape index (κ1) is 17.0. The first-order valence-electron chi connectivity index (χ1n) is 8.56. The SMILES string of the molecule is CCCCCCCCC(N)C1(OC)CCCCCC1. The fourth-order valence-electron chi connectivity index (χ4n) is 3.46. The second-order valence-corrected chi connectivity index (χ2v) is 6.35. The topological polar surface area (TPSA) is 35.2 Å². The highest BCUT2D eigenvalue weighted by molar-refractivity contribution is 4.92. The molecular weight excluding hydrogens is 234 g/mol. The molecule has 0 aromatic carbocycles. The van der Waals surface area contributed by atoms with Crippen molar-refractivity contribution in [2.24, 2.45) is 5.73 Å². The fourth-order valence-corrected chi connectivity index (χ4v) is 3.46. The van der Waals surface area contributed by atoms with Gasteiger partial charge in [0.15, 0.2) is 0 Å². The molecule has 0 aromatic rings. The van der Waals surface area contributed by atoms with Crippen LogP contribution >= 0.6 is 0 Å². The van der Waals surface area contributed by atoms with Gasteiger partial charge in [0, 0.05) is 13.2 Å². The lowest BCUT2D eigenvalue weighted by Crippen LogP contribution is -2.49. The van der Waals surface area contributed by atoms with Crippen LogP contribution in [0, 0.1) is 0 Å². The Hall–Kier alpha value is -0.0800. The van der Waals surface area contributed by atoms with Gasteiger partial charge in [-0.05, 0) is 19.3 Å². The van der Waals surface area contributed by atoms with Crippen molar-refractivity contribution in [1.29, 1.82) is 0 Å². The zero-order valence-corrected chi connectivity index (χ0v) is 13.3. The number of unbranched alkanes of at least 4 members (excludes halogenated alkanes) is 5. The molecule has 114 valence electrons. The molecule has 1 fully saturated rings. The molecule has 0 aromatic heterocycles. The van der Waals surface area contributed by atoms with Crippen molar-refractivity contribution in [3.63, 3.8) is 0 Å². The van der Waals surface area contributed by atoms with Gasteiger partial charge < -0.3 is 10.5 Å². The van der Waals surface area contributed by atoms with E-state index in [1.807, 2.05) is 7.11 Å². The van der Waals surface area contributed by atoms with Crippen molar-refractivity contribution in [3.05, 3.63) is 0 Å². The molecule has 0 spiro atoms. The molecule has 2 nitrogen and oxygen atoms in total. The van der Waals surface area contributed by atoms with E-state index >= 15 is 0 Å². The maximum atomic E-state index is 6.48. The predicted molar refractivity (Wildman–Crippen MR) is 83.4 cm³/mol. The van der Waals surface area contributed by atoms with Crippen molar-refractivity contribution >= 4 is 0 Å². The van der Waals surface area contributed by atoms with Gasteiger partial charge in [-0.25, -0.2) is 0 Å². The molecule has 1 aliphatic rings. The molecule has 19 heavy (non-hydrogen) atoms. The van der Waals surface area contributed by atoms with E-state index in [9.17, 15) is 0 Å². The number of hydrogen-bond donors (Lipinski definition) is 1. The van der Waals surface area contributed by atoms with Crippen molar-refractivity contribution in [1.82, 2.24) is 0 Å². The summed E-state index contributed by atoms with van der Waals surface area (Å²) in [5.74, 6) is 0. The predicted octanol–water partition coefficient (Wildman–Crippen LogP) is 4.80. The second-order valence-electron chi connectivity index (χ2n) is 6.35. The number of methoxy groups -OCH3 is 1. The van der Waals surface area contributed by atoms with Crippen LogP contribution in [0.4, 0.5) is 0 Å². The first-order valence-corrected chi connectivity index (χ1v) is 8.56. The van der Waals surface area contributed by atoms with E-state index in [1.165, 1.54) is 77.0 Å². The number of rotatable bonds is 9. The van der Waals surface area contributed by atoms with Gasteiger partial charge in [-0.2, -0.15) is 0 Å². The minimum atomic E-state index is -0.0140. The van der Waals surface area contributed by atoms with E-state index in [1.54, 1.807) is 0 Å². The summed E-state index contributed by atoms with van der Waals surface area (Å²) in [4.78, 5) is 0. The van der Waals surface area contributed by atoms with E-state index < -0.39 is 0 Å². The molecule has 1 saturated carbocycles. The van der Waals surface area contributed by atoms with Crippen molar-refractivity contribution in [2.45, 2.75) is 102 Å². The standard InChI is InChI=1S/C17H35NO/c1-3-4-5-6-7-10-13-16(18)17(19-2)14-11-8-9-12-15-17/h16H,3-15,18H2,1-2H3. The van der Waals surface area contributed by atoms with Gasteiger partial charge in [0.1, 0.15) is 0 Å². The van der Waals surface area contributed by atoms with Crippen LogP contribution in [0.15, 0.2) is 0 Å². The van der Waals surface area contributed by atoms with Crippen LogP contribution in [-0.2, 0) is 4.74 Å². The third-order valence-corrected chi connectivity index (χ3v) is 4.90. The lowest BCUT2D eigenvalue weighted by molar-refractivity contribution is -0.0454. The maximum Gasteiger partial charge on any atom is 0.0828 e. The minimum Gasteiger partial charge on any atom is -0.377 e. The Bertz CT molecular complexity index is 209. The Morgan fingerprint density at radius 1 is 0.947 bits per heavy atom. The minimum absolute atomic E-state index is 0.0140. The van der Waals surface area contributed by atoms with Crippen LogP contribution < -0.4 is 5.73 Å². The summed E-state index contributed by atoms with van der Waals surface area (Å²) in [6.07, 6.45) is 16.9. The Balaban J connectivity index is 2.26. The van der Waals surface area contributed by atoms with Crippen LogP contribution in [0.25, 0.3) is 0 Å². The molecule has 0 aliphatic heterocycles. The monoisotopic (exact) mass is 269 g/mol. The van der Waals surface area contributed by atoms with Gasteiger partial charge in [-0.15, -0.1) is 0 Å². The molecule has 0 radical (unpaired) electrons. The molecule has 2 N–H and O–H groups in total. The van der Waals surface area contributed by atoms with E-state index in [0.29, 0.717) is 0 Å². The van der Waals surface area contributed by atoms with Crippen LogP contribution in [0.1, 0.15) is 90.4 Å². The molecule has 1 aliphatic carbocycles. The van der Waals surface area contributed by atoms with Gasteiger partial charge >= 0.3 is 0 Å². The largest absolute Gasteiger partial charge is 0.377 e. The Labute approximate surface area is 120 Å². The van der Waals surface area contributed by atoms with Crippen LogP contribution in [-0.4, -0.2) is 18.8 Å². The highest BCUT2D eigenvalue weighted by Crippen LogP contribution is 2.33. The summed E-state index contributed by atoms with van der Waals surface area (Å²) < 4.78 is 5.89. The summed E-state index contributed by atoms with van der Waals surface area (Å²) in [5, 5.41) is 0. The summed E-state index contributed by atoms with van der Waals surface area (Å²) in [6, 6.07) is 0.238. The lowest BCUT2D eigenvalue weighted by atomic mass is 9.84. The number of ether oxygens (including phenoxy) is 1. The van der Waals surface area contributed by atoms with Crippen LogP contribution in [0.3, 0.4) is 0 Å². The Morgan fingerprint density at radius 3 is 2.11 bits per heavy atom. The average Bonchev–Trinajstić information content (AvgIpc) is 2.68. The maximum absolute atomic E-state index is 6.48. The van der Waals surface area contributed by atoms with Gasteiger partial charge in [-0.1, -0.05) is 71.1 Å². The van der Waals surface area contributed by atoms with E-state index in [-0.39, 0.29) is 11.6 Å². The molecule has 2 heteroatoms. The third-order valence-electron chi connectivity index (χ3n) is 4.90. The van der Waals surface area contributed by atoms with Gasteiger partial charge in [0.05, 0.1) is 5.60 Å². The zero-order chi connectivity index (χ0) is 14.0. The molecule has 1 atom stereocenters. The molecular formula is C17H35NO. The van der Waals surface area contributed by atoms with Crippen LogP contribution in [0.5, 0.6) is 0 Å². The zero-order valence-electron chi connectivity index (χ0n) is 13.3. The molecule has 0 amide bonds. The summed E-state index contributed by atoms with van der Waals surface area (Å²) in [5.41, 5.74) is 6.47. The van der Waals surface area contributed by atoms with Gasteiger partial charge in [0.25, 0.3) is 0 Å². The number of hydrogen-bond acceptors (Lipinski definition) is 2. The fraction of sp³-hybridized carbons (Fsp3) is 1.00. The first-order chi connectivity index (χ1) is 9.25. The van der Waals surface area contributed by atoms with Gasteiger partial charge in [0.2, 0.25) is 0 Å². The third kappa shape index (κ3) is 5.83. The number of nitrogens with two attached hydrogens (primary N) is 1. The average molecular weight is 269 g/mol. The summed E-state index contributed by atoms with van der Waals surface area (Å²) in [6.45, 7) is 2.27. The molecule has 0 saturated heterocycles. The Morgan fingerprint density at radius 2 is 1.53 bits per heavy atom. The summed E-state index contributed by atoms with van der Waals surface area (Å²) >= 11 is 0. The van der Waals surface area contributed by atoms with Gasteiger partial charge in [-0.3, -0.25) is 0 Å². The highest BCUT2D eigenvalue weighted by atomic mass is 16.5. The van der Waals surface area contributed by atoms with E-state index in [4.69, 9.17) is 10.5 Å². The van der Waals surface area contributed by atoms with Crippen molar-refractivity contribution < 1.29 is 4.74 Å². The normalized spacial score (nSPS) is 21.0. The smallest absolute Gasteiger partial charge is 0.0828 e. The van der Waals surface area contributed by atoms with E-state index in [0.717, 1.165) is 6.42 Å². The van der Waals surface area contributed by atoms with E-state index in [2.05, 4.69) is 6.92 Å². The quantitative estimate of drug-likeness (QED) is 0.482. The molecule has 0 bridgehead atoms. The van der Waals surface area contributed by atoms with Crippen LogP contribution in [0.2, 0.25) is 0 Å². The lowest BCUT2D eigenvalue weighted by Gasteiger charge is -2.37. The molecule has 1 unspecified atom stereocenters.